The number of hydrogen-bond acceptors (Lipinski definition) is 5. The average molecular weight is 309 g/mol. The smallest absolute Gasteiger partial charge is 0.249 e. The van der Waals surface area contributed by atoms with Crippen LogP contribution in [0.4, 0.5) is 21.8 Å². The molecule has 0 aliphatic rings. The molecule has 0 amide bonds. The Balaban J connectivity index is 1.60. The Labute approximate surface area is 133 Å². The van der Waals surface area contributed by atoms with E-state index in [0.717, 1.165) is 13.0 Å². The fourth-order valence-electron chi connectivity index (χ4n) is 2.10. The van der Waals surface area contributed by atoms with Crippen molar-refractivity contribution < 1.29 is 4.39 Å². The van der Waals surface area contributed by atoms with Crippen molar-refractivity contribution in [2.45, 2.75) is 6.42 Å². The van der Waals surface area contributed by atoms with E-state index in [1.54, 1.807) is 18.2 Å². The van der Waals surface area contributed by atoms with Gasteiger partial charge in [-0.1, -0.05) is 42.5 Å². The lowest BCUT2D eigenvalue weighted by atomic mass is 10.1. The molecule has 23 heavy (non-hydrogen) atoms. The standard InChI is InChI=1S/C17H16FN5/c18-14-8-4-5-9-15(14)21-17-22-16(12-20-23-17)19-11-10-13-6-2-1-3-7-13/h1-9,12H,10-11H2,(H2,19,21,22,23). The zero-order valence-corrected chi connectivity index (χ0v) is 12.4. The van der Waals surface area contributed by atoms with Gasteiger partial charge in [0.25, 0.3) is 0 Å². The van der Waals surface area contributed by atoms with E-state index in [2.05, 4.69) is 37.9 Å². The van der Waals surface area contributed by atoms with E-state index in [-0.39, 0.29) is 11.8 Å². The van der Waals surface area contributed by atoms with E-state index in [0.29, 0.717) is 11.5 Å². The van der Waals surface area contributed by atoms with Gasteiger partial charge in [-0.25, -0.2) is 4.39 Å². The molecule has 0 fully saturated rings. The first-order chi connectivity index (χ1) is 11.3. The second-order valence-electron chi connectivity index (χ2n) is 4.93. The topological polar surface area (TPSA) is 62.7 Å². The molecular formula is C17H16FN5. The second kappa shape index (κ2) is 7.31. The van der Waals surface area contributed by atoms with E-state index in [4.69, 9.17) is 0 Å². The van der Waals surface area contributed by atoms with E-state index >= 15 is 0 Å². The number of aromatic nitrogens is 3. The van der Waals surface area contributed by atoms with Crippen molar-refractivity contribution in [3.8, 4) is 0 Å². The van der Waals surface area contributed by atoms with Crippen molar-refractivity contribution in [1.82, 2.24) is 15.2 Å². The van der Waals surface area contributed by atoms with Crippen LogP contribution in [0.15, 0.2) is 60.8 Å². The predicted octanol–water partition coefficient (Wildman–Crippen LogP) is 3.41. The summed E-state index contributed by atoms with van der Waals surface area (Å²) in [6.45, 7) is 0.724. The zero-order valence-electron chi connectivity index (χ0n) is 12.4. The van der Waals surface area contributed by atoms with Gasteiger partial charge in [-0.3, -0.25) is 0 Å². The number of para-hydroxylation sites is 1. The van der Waals surface area contributed by atoms with Crippen LogP contribution >= 0.6 is 0 Å². The monoisotopic (exact) mass is 309 g/mol. The van der Waals surface area contributed by atoms with Gasteiger partial charge in [0.1, 0.15) is 5.82 Å². The summed E-state index contributed by atoms with van der Waals surface area (Å²) >= 11 is 0. The highest BCUT2D eigenvalue weighted by atomic mass is 19.1. The fourth-order valence-corrected chi connectivity index (χ4v) is 2.10. The van der Waals surface area contributed by atoms with E-state index in [1.165, 1.54) is 17.8 Å². The summed E-state index contributed by atoms with van der Waals surface area (Å²) in [6, 6.07) is 16.5. The second-order valence-corrected chi connectivity index (χ2v) is 4.93. The Bertz CT molecular complexity index is 764. The Kier molecular flexibility index (Phi) is 4.73. The molecule has 1 aromatic heterocycles. The normalized spacial score (nSPS) is 10.3. The van der Waals surface area contributed by atoms with Crippen LogP contribution in [0.3, 0.4) is 0 Å². The van der Waals surface area contributed by atoms with Gasteiger partial charge in [-0.05, 0) is 24.1 Å². The summed E-state index contributed by atoms with van der Waals surface area (Å²) < 4.78 is 13.6. The van der Waals surface area contributed by atoms with Crippen LogP contribution in [-0.2, 0) is 6.42 Å². The summed E-state index contributed by atoms with van der Waals surface area (Å²) in [5.41, 5.74) is 1.56. The molecule has 1 heterocycles. The number of rotatable bonds is 6. The third kappa shape index (κ3) is 4.23. The van der Waals surface area contributed by atoms with Crippen molar-refractivity contribution in [2.75, 3.05) is 17.2 Å². The number of nitrogens with one attached hydrogen (secondary N) is 2. The van der Waals surface area contributed by atoms with Crippen molar-refractivity contribution in [1.29, 1.82) is 0 Å². The summed E-state index contributed by atoms with van der Waals surface area (Å²) in [6.07, 6.45) is 2.42. The molecule has 6 heteroatoms. The minimum Gasteiger partial charge on any atom is -0.368 e. The number of halogens is 1. The van der Waals surface area contributed by atoms with Crippen LogP contribution in [0.2, 0.25) is 0 Å². The fraction of sp³-hybridized carbons (Fsp3) is 0.118. The van der Waals surface area contributed by atoms with Crippen molar-refractivity contribution in [2.24, 2.45) is 0 Å². The molecule has 116 valence electrons. The molecule has 0 unspecified atom stereocenters. The van der Waals surface area contributed by atoms with Gasteiger partial charge in [0, 0.05) is 6.54 Å². The highest BCUT2D eigenvalue weighted by molar-refractivity contribution is 5.54. The zero-order chi connectivity index (χ0) is 15.9. The first-order valence-corrected chi connectivity index (χ1v) is 7.30. The van der Waals surface area contributed by atoms with Gasteiger partial charge >= 0.3 is 0 Å². The summed E-state index contributed by atoms with van der Waals surface area (Å²) in [5.74, 6) is 0.480. The van der Waals surface area contributed by atoms with Crippen LogP contribution in [0.5, 0.6) is 0 Å². The van der Waals surface area contributed by atoms with Gasteiger partial charge in [0.2, 0.25) is 5.95 Å². The van der Waals surface area contributed by atoms with Crippen molar-refractivity contribution in [3.05, 3.63) is 72.2 Å². The summed E-state index contributed by atoms with van der Waals surface area (Å²) in [7, 11) is 0. The van der Waals surface area contributed by atoms with Crippen molar-refractivity contribution in [3.63, 3.8) is 0 Å². The first kappa shape index (κ1) is 14.9. The molecule has 0 radical (unpaired) electrons. The van der Waals surface area contributed by atoms with Crippen LogP contribution in [0, 0.1) is 5.82 Å². The quantitative estimate of drug-likeness (QED) is 0.730. The molecule has 2 aromatic carbocycles. The lowest BCUT2D eigenvalue weighted by molar-refractivity contribution is 0.631. The third-order valence-electron chi connectivity index (χ3n) is 3.24. The molecule has 0 aliphatic heterocycles. The summed E-state index contributed by atoms with van der Waals surface area (Å²) in [4.78, 5) is 4.28. The molecule has 2 N–H and O–H groups in total. The average Bonchev–Trinajstić information content (AvgIpc) is 2.58. The molecule has 3 rings (SSSR count). The Morgan fingerprint density at radius 2 is 1.74 bits per heavy atom. The number of benzene rings is 2. The Morgan fingerprint density at radius 1 is 0.957 bits per heavy atom. The minimum absolute atomic E-state index is 0.250. The van der Waals surface area contributed by atoms with Gasteiger partial charge in [-0.2, -0.15) is 10.1 Å². The highest BCUT2D eigenvalue weighted by Crippen LogP contribution is 2.16. The molecule has 0 atom stereocenters. The van der Waals surface area contributed by atoms with Crippen molar-refractivity contribution >= 4 is 17.5 Å². The van der Waals surface area contributed by atoms with E-state index in [1.807, 2.05) is 18.2 Å². The van der Waals surface area contributed by atoms with Gasteiger partial charge in [0.15, 0.2) is 5.82 Å². The van der Waals surface area contributed by atoms with E-state index < -0.39 is 0 Å². The SMILES string of the molecule is Fc1ccccc1Nc1nncc(NCCc2ccccc2)n1. The maximum absolute atomic E-state index is 13.6. The molecule has 3 aromatic rings. The molecule has 0 bridgehead atoms. The largest absolute Gasteiger partial charge is 0.368 e. The lowest BCUT2D eigenvalue weighted by Gasteiger charge is -2.08. The summed E-state index contributed by atoms with van der Waals surface area (Å²) in [5, 5.41) is 13.7. The molecule has 5 nitrogen and oxygen atoms in total. The van der Waals surface area contributed by atoms with Gasteiger partial charge in [-0.15, -0.1) is 5.10 Å². The Hall–Kier alpha value is -3.02. The maximum Gasteiger partial charge on any atom is 0.249 e. The Morgan fingerprint density at radius 3 is 2.57 bits per heavy atom. The molecule has 0 spiro atoms. The predicted molar refractivity (Wildman–Crippen MR) is 88.1 cm³/mol. The van der Waals surface area contributed by atoms with Crippen LogP contribution < -0.4 is 10.6 Å². The first-order valence-electron chi connectivity index (χ1n) is 7.30. The molecular weight excluding hydrogens is 293 g/mol. The molecule has 0 aliphatic carbocycles. The van der Waals surface area contributed by atoms with E-state index in [9.17, 15) is 4.39 Å². The highest BCUT2D eigenvalue weighted by Gasteiger charge is 2.04. The van der Waals surface area contributed by atoms with Gasteiger partial charge < -0.3 is 10.6 Å². The van der Waals surface area contributed by atoms with Crippen LogP contribution in [-0.4, -0.2) is 21.7 Å². The molecule has 0 saturated carbocycles. The van der Waals surface area contributed by atoms with Crippen LogP contribution in [0.1, 0.15) is 5.56 Å². The number of anilines is 3. The lowest BCUT2D eigenvalue weighted by Crippen LogP contribution is -2.09. The van der Waals surface area contributed by atoms with Gasteiger partial charge in [0.05, 0.1) is 11.9 Å². The number of nitrogens with zero attached hydrogens (tertiary/aromatic N) is 3. The third-order valence-corrected chi connectivity index (χ3v) is 3.24. The maximum atomic E-state index is 13.6. The van der Waals surface area contributed by atoms with Crippen LogP contribution in [0.25, 0.3) is 0 Å². The molecule has 0 saturated heterocycles. The minimum atomic E-state index is -0.362. The number of hydrogen-bond donors (Lipinski definition) is 2.